The van der Waals surface area contributed by atoms with E-state index in [2.05, 4.69) is 52.7 Å². The summed E-state index contributed by atoms with van der Waals surface area (Å²) in [7, 11) is 1.73. The maximum absolute atomic E-state index is 5.28. The fourth-order valence-electron chi connectivity index (χ4n) is 1.85. The molecular weight excluding hydrogens is 300 g/mol. The van der Waals surface area contributed by atoms with E-state index in [9.17, 15) is 0 Å². The van der Waals surface area contributed by atoms with Gasteiger partial charge in [0.05, 0.1) is 0 Å². The van der Waals surface area contributed by atoms with Gasteiger partial charge in [0.2, 0.25) is 11.7 Å². The Morgan fingerprint density at radius 3 is 2.83 bits per heavy atom. The molecule has 0 aliphatic heterocycles. The zero-order valence-electron chi connectivity index (χ0n) is 14.6. The van der Waals surface area contributed by atoms with Crippen LogP contribution >= 0.6 is 0 Å². The molecule has 0 fully saturated rings. The third-order valence-corrected chi connectivity index (χ3v) is 3.56. The highest BCUT2D eigenvalue weighted by atomic mass is 16.5. The van der Waals surface area contributed by atoms with Gasteiger partial charge in [0.1, 0.15) is 11.4 Å². The first-order valence-electron chi connectivity index (χ1n) is 8.13. The quantitative estimate of drug-likeness (QED) is 0.616. The van der Waals surface area contributed by atoms with Crippen LogP contribution in [0.25, 0.3) is 11.5 Å². The molecule has 124 valence electrons. The van der Waals surface area contributed by atoms with E-state index in [1.165, 1.54) is 0 Å². The van der Waals surface area contributed by atoms with Crippen molar-refractivity contribution in [2.45, 2.75) is 39.5 Å². The summed E-state index contributed by atoms with van der Waals surface area (Å²) in [4.78, 5) is 12.9. The fraction of sp³-hybridized carbons (Fsp3) is 0.368. The average Bonchev–Trinajstić information content (AvgIpc) is 3.12. The van der Waals surface area contributed by atoms with E-state index >= 15 is 0 Å². The summed E-state index contributed by atoms with van der Waals surface area (Å²) in [5, 5.41) is 3.99. The molecule has 2 aromatic rings. The van der Waals surface area contributed by atoms with Crippen molar-refractivity contribution in [3.05, 3.63) is 41.9 Å². The molecule has 0 aliphatic carbocycles. The van der Waals surface area contributed by atoms with Crippen LogP contribution in [-0.2, 0) is 0 Å². The highest BCUT2D eigenvalue weighted by Gasteiger charge is 2.14. The second-order valence-electron chi connectivity index (χ2n) is 5.37. The molecule has 5 nitrogen and oxygen atoms in total. The lowest BCUT2D eigenvalue weighted by molar-refractivity contribution is 0.357. The van der Waals surface area contributed by atoms with Crippen LogP contribution in [0.3, 0.4) is 0 Å². The molecular formula is C19H22N4O. The second kappa shape index (κ2) is 8.78. The Morgan fingerprint density at radius 1 is 1.38 bits per heavy atom. The van der Waals surface area contributed by atoms with Gasteiger partial charge in [-0.3, -0.25) is 9.98 Å². The highest BCUT2D eigenvalue weighted by Crippen LogP contribution is 2.20. The Kier molecular flexibility index (Phi) is 6.44. The fourth-order valence-corrected chi connectivity index (χ4v) is 1.85. The van der Waals surface area contributed by atoms with Gasteiger partial charge < -0.3 is 4.52 Å². The number of pyridine rings is 1. The van der Waals surface area contributed by atoms with Gasteiger partial charge in [-0.15, -0.1) is 0 Å². The number of aromatic nitrogens is 3. The van der Waals surface area contributed by atoms with Crippen LogP contribution in [0.2, 0.25) is 0 Å². The van der Waals surface area contributed by atoms with Crippen molar-refractivity contribution < 1.29 is 4.52 Å². The van der Waals surface area contributed by atoms with Gasteiger partial charge in [-0.25, -0.2) is 0 Å². The van der Waals surface area contributed by atoms with Gasteiger partial charge in [-0.2, -0.15) is 4.98 Å². The molecule has 0 saturated heterocycles. The van der Waals surface area contributed by atoms with Crippen molar-refractivity contribution in [1.82, 2.24) is 15.1 Å². The Hall–Kier alpha value is -2.74. The summed E-state index contributed by atoms with van der Waals surface area (Å²) in [5.41, 5.74) is 2.24. The molecule has 0 aliphatic rings. The number of hydrogen-bond acceptors (Lipinski definition) is 5. The molecule has 0 spiro atoms. The normalized spacial score (nSPS) is 12.9. The molecule has 5 heteroatoms. The van der Waals surface area contributed by atoms with E-state index < -0.39 is 0 Å². The lowest BCUT2D eigenvalue weighted by atomic mass is 10.1. The van der Waals surface area contributed by atoms with Crippen molar-refractivity contribution in [2.24, 2.45) is 4.99 Å². The number of nitrogens with zero attached hydrogens (tertiary/aromatic N) is 4. The molecule has 0 amide bonds. The number of aliphatic imine (C=N–C) groups is 1. The smallest absolute Gasteiger partial charge is 0.229 e. The standard InChI is InChI=1S/C19H22N4O/c1-5-7-8-16(20-4)11-9-15-10-12-17(21-13-15)18-22-19(24-23-18)14(3)6-2/h7-8,10,12-14H,5-6H2,1-4H3/b8-7-,20-16?. The third-order valence-electron chi connectivity index (χ3n) is 3.56. The van der Waals surface area contributed by atoms with Crippen LogP contribution < -0.4 is 0 Å². The minimum atomic E-state index is 0.249. The van der Waals surface area contributed by atoms with Gasteiger partial charge in [0.25, 0.3) is 0 Å². The SMILES string of the molecule is CC/C=C\C(C#Cc1ccc(-c2noc(C(C)CC)n2)nc1)=NC. The molecule has 1 atom stereocenters. The van der Waals surface area contributed by atoms with Crippen LogP contribution in [0, 0.1) is 11.8 Å². The number of allylic oxidation sites excluding steroid dienone is 2. The second-order valence-corrected chi connectivity index (χ2v) is 5.37. The van der Waals surface area contributed by atoms with Gasteiger partial charge in [0, 0.05) is 24.7 Å². The molecule has 0 saturated carbocycles. The average molecular weight is 322 g/mol. The van der Waals surface area contributed by atoms with E-state index in [1.54, 1.807) is 13.2 Å². The Labute approximate surface area is 142 Å². The van der Waals surface area contributed by atoms with E-state index in [0.717, 1.165) is 24.1 Å². The van der Waals surface area contributed by atoms with Crippen LogP contribution in [0.4, 0.5) is 0 Å². The van der Waals surface area contributed by atoms with Crippen molar-refractivity contribution >= 4 is 5.71 Å². The molecule has 1 unspecified atom stereocenters. The highest BCUT2D eigenvalue weighted by molar-refractivity contribution is 6.08. The molecule has 0 radical (unpaired) electrons. The summed E-state index contributed by atoms with van der Waals surface area (Å²) in [6, 6.07) is 3.74. The van der Waals surface area contributed by atoms with Crippen molar-refractivity contribution in [2.75, 3.05) is 7.05 Å². The summed E-state index contributed by atoms with van der Waals surface area (Å²) < 4.78 is 5.28. The first-order chi connectivity index (χ1) is 11.7. The van der Waals surface area contributed by atoms with Gasteiger partial charge >= 0.3 is 0 Å². The molecule has 0 aromatic carbocycles. The van der Waals surface area contributed by atoms with Crippen LogP contribution in [0.15, 0.2) is 40.0 Å². The van der Waals surface area contributed by atoms with Crippen molar-refractivity contribution in [3.8, 4) is 23.4 Å². The summed E-state index contributed by atoms with van der Waals surface area (Å²) in [6.45, 7) is 6.22. The Bertz CT molecular complexity index is 776. The molecule has 24 heavy (non-hydrogen) atoms. The first-order valence-corrected chi connectivity index (χ1v) is 8.13. The Balaban J connectivity index is 2.14. The maximum Gasteiger partial charge on any atom is 0.229 e. The minimum Gasteiger partial charge on any atom is -0.339 e. The topological polar surface area (TPSA) is 64.2 Å². The third kappa shape index (κ3) is 4.63. The molecule has 0 bridgehead atoms. The van der Waals surface area contributed by atoms with Gasteiger partial charge in [-0.05, 0) is 37.0 Å². The molecule has 0 N–H and O–H groups in total. The maximum atomic E-state index is 5.28. The summed E-state index contributed by atoms with van der Waals surface area (Å²) in [5.74, 6) is 7.49. The monoisotopic (exact) mass is 322 g/mol. The summed E-state index contributed by atoms with van der Waals surface area (Å²) in [6.07, 6.45) is 7.57. The Morgan fingerprint density at radius 2 is 2.21 bits per heavy atom. The lowest BCUT2D eigenvalue weighted by Gasteiger charge is -1.98. The lowest BCUT2D eigenvalue weighted by Crippen LogP contribution is -1.92. The van der Waals surface area contributed by atoms with Crippen LogP contribution in [0.1, 0.15) is 51.0 Å². The van der Waals surface area contributed by atoms with Crippen LogP contribution in [-0.4, -0.2) is 27.9 Å². The van der Waals surface area contributed by atoms with E-state index in [-0.39, 0.29) is 5.92 Å². The molecule has 2 aromatic heterocycles. The van der Waals surface area contributed by atoms with E-state index in [1.807, 2.05) is 24.3 Å². The molecule has 2 heterocycles. The van der Waals surface area contributed by atoms with E-state index in [0.29, 0.717) is 17.4 Å². The van der Waals surface area contributed by atoms with E-state index in [4.69, 9.17) is 4.52 Å². The number of hydrogen-bond donors (Lipinski definition) is 0. The van der Waals surface area contributed by atoms with Crippen LogP contribution in [0.5, 0.6) is 0 Å². The zero-order chi connectivity index (χ0) is 17.4. The first kappa shape index (κ1) is 17.6. The zero-order valence-corrected chi connectivity index (χ0v) is 14.6. The largest absolute Gasteiger partial charge is 0.339 e. The van der Waals surface area contributed by atoms with Crippen molar-refractivity contribution in [1.29, 1.82) is 0 Å². The predicted octanol–water partition coefficient (Wildman–Crippen LogP) is 4.03. The van der Waals surface area contributed by atoms with Crippen molar-refractivity contribution in [3.63, 3.8) is 0 Å². The summed E-state index contributed by atoms with van der Waals surface area (Å²) >= 11 is 0. The van der Waals surface area contributed by atoms with Gasteiger partial charge in [0.15, 0.2) is 0 Å². The minimum absolute atomic E-state index is 0.249. The number of rotatable bonds is 5. The predicted molar refractivity (Wildman–Crippen MR) is 95.9 cm³/mol. The van der Waals surface area contributed by atoms with Gasteiger partial charge in [-0.1, -0.05) is 37.9 Å². The molecule has 2 rings (SSSR count).